The molecule has 122 valence electrons. The highest BCUT2D eigenvalue weighted by Crippen LogP contribution is 2.27. The van der Waals surface area contributed by atoms with E-state index in [0.29, 0.717) is 5.92 Å². The summed E-state index contributed by atoms with van der Waals surface area (Å²) in [6.07, 6.45) is 19.8. The third kappa shape index (κ3) is 8.95. The van der Waals surface area contributed by atoms with Crippen LogP contribution in [0.4, 0.5) is 0 Å². The molecular weight excluding hydrogens is 256 g/mol. The van der Waals surface area contributed by atoms with Gasteiger partial charge in [0.2, 0.25) is 0 Å². The Kier molecular flexibility index (Phi) is 11.2. The van der Waals surface area contributed by atoms with Gasteiger partial charge in [0.1, 0.15) is 0 Å². The summed E-state index contributed by atoms with van der Waals surface area (Å²) in [5.74, 6) is 0.709. The predicted molar refractivity (Wildman–Crippen MR) is 92.7 cm³/mol. The molecule has 1 aromatic heterocycles. The Balaban J connectivity index is 2.19. The topological polar surface area (TPSA) is 28.7 Å². The molecule has 2 heteroatoms. The standard InChI is InChI=1S/C19H36N2/c1-3-5-7-9-11-13-15-18(19-16-17-20-21-19)14-12-10-8-6-4-2/h16-18H,3-15H2,1-2H3,(H,20,21). The fourth-order valence-electron chi connectivity index (χ4n) is 3.11. The lowest BCUT2D eigenvalue weighted by atomic mass is 9.91. The maximum absolute atomic E-state index is 4.14. The fraction of sp³-hybridized carbons (Fsp3) is 0.842. The number of H-pyrrole nitrogens is 1. The highest BCUT2D eigenvalue weighted by Gasteiger charge is 2.12. The Labute approximate surface area is 132 Å². The molecule has 0 aromatic carbocycles. The Hall–Kier alpha value is -0.790. The van der Waals surface area contributed by atoms with E-state index in [9.17, 15) is 0 Å². The van der Waals surface area contributed by atoms with Crippen molar-refractivity contribution in [2.24, 2.45) is 0 Å². The van der Waals surface area contributed by atoms with Crippen LogP contribution in [-0.4, -0.2) is 10.2 Å². The van der Waals surface area contributed by atoms with Gasteiger partial charge in [0.15, 0.2) is 0 Å². The van der Waals surface area contributed by atoms with Crippen LogP contribution in [-0.2, 0) is 0 Å². The van der Waals surface area contributed by atoms with Crippen molar-refractivity contribution in [3.63, 3.8) is 0 Å². The summed E-state index contributed by atoms with van der Waals surface area (Å²) < 4.78 is 0. The minimum Gasteiger partial charge on any atom is -0.282 e. The van der Waals surface area contributed by atoms with Gasteiger partial charge in [-0.2, -0.15) is 5.10 Å². The molecule has 1 rings (SSSR count). The Morgan fingerprint density at radius 3 is 1.81 bits per heavy atom. The van der Waals surface area contributed by atoms with Crippen molar-refractivity contribution < 1.29 is 0 Å². The van der Waals surface area contributed by atoms with Gasteiger partial charge in [0.05, 0.1) is 0 Å². The number of hydrogen-bond acceptors (Lipinski definition) is 1. The largest absolute Gasteiger partial charge is 0.282 e. The van der Waals surface area contributed by atoms with Gasteiger partial charge in [-0.3, -0.25) is 5.10 Å². The molecular formula is C19H36N2. The zero-order chi connectivity index (χ0) is 15.2. The quantitative estimate of drug-likeness (QED) is 0.384. The van der Waals surface area contributed by atoms with Gasteiger partial charge < -0.3 is 0 Å². The summed E-state index contributed by atoms with van der Waals surface area (Å²) in [6.45, 7) is 4.57. The van der Waals surface area contributed by atoms with E-state index < -0.39 is 0 Å². The molecule has 1 atom stereocenters. The highest BCUT2D eigenvalue weighted by atomic mass is 15.1. The van der Waals surface area contributed by atoms with Gasteiger partial charge in [-0.05, 0) is 18.9 Å². The SMILES string of the molecule is CCCCCCCCC(CCCCCCC)c1ccn[nH]1. The summed E-state index contributed by atoms with van der Waals surface area (Å²) >= 11 is 0. The van der Waals surface area contributed by atoms with Crippen molar-refractivity contribution in [3.8, 4) is 0 Å². The number of unbranched alkanes of at least 4 members (excludes halogenated alkanes) is 9. The van der Waals surface area contributed by atoms with Gasteiger partial charge in [-0.1, -0.05) is 84.5 Å². The summed E-state index contributed by atoms with van der Waals surface area (Å²) in [7, 11) is 0. The molecule has 0 saturated carbocycles. The van der Waals surface area contributed by atoms with Gasteiger partial charge in [-0.25, -0.2) is 0 Å². The molecule has 21 heavy (non-hydrogen) atoms. The van der Waals surface area contributed by atoms with E-state index in [1.165, 1.54) is 89.2 Å². The first kappa shape index (κ1) is 18.3. The fourth-order valence-corrected chi connectivity index (χ4v) is 3.11. The molecule has 0 radical (unpaired) electrons. The molecule has 1 unspecified atom stereocenters. The van der Waals surface area contributed by atoms with E-state index in [4.69, 9.17) is 0 Å². The third-order valence-corrected chi connectivity index (χ3v) is 4.52. The van der Waals surface area contributed by atoms with Crippen LogP contribution in [0, 0.1) is 0 Å². The maximum Gasteiger partial charge on any atom is 0.0490 e. The summed E-state index contributed by atoms with van der Waals surface area (Å²) in [4.78, 5) is 0. The van der Waals surface area contributed by atoms with Crippen molar-refractivity contribution in [3.05, 3.63) is 18.0 Å². The first-order valence-electron chi connectivity index (χ1n) is 9.37. The summed E-state index contributed by atoms with van der Waals surface area (Å²) in [6, 6.07) is 2.17. The first-order chi connectivity index (χ1) is 10.4. The summed E-state index contributed by atoms with van der Waals surface area (Å²) in [5, 5.41) is 7.35. The maximum atomic E-state index is 4.14. The monoisotopic (exact) mass is 292 g/mol. The lowest BCUT2D eigenvalue weighted by Crippen LogP contribution is -2.00. The van der Waals surface area contributed by atoms with Gasteiger partial charge in [0.25, 0.3) is 0 Å². The van der Waals surface area contributed by atoms with Gasteiger partial charge >= 0.3 is 0 Å². The van der Waals surface area contributed by atoms with Crippen molar-refractivity contribution in [1.29, 1.82) is 0 Å². The van der Waals surface area contributed by atoms with E-state index in [1.807, 2.05) is 6.20 Å². The van der Waals surface area contributed by atoms with Crippen molar-refractivity contribution in [1.82, 2.24) is 10.2 Å². The molecule has 0 amide bonds. The molecule has 0 aliphatic carbocycles. The molecule has 0 spiro atoms. The minimum atomic E-state index is 0.709. The number of aromatic amines is 1. The van der Waals surface area contributed by atoms with Crippen LogP contribution in [0.1, 0.15) is 109 Å². The molecule has 2 nitrogen and oxygen atoms in total. The molecule has 0 aliphatic rings. The predicted octanol–water partition coefficient (Wildman–Crippen LogP) is 6.60. The number of aromatic nitrogens is 2. The van der Waals surface area contributed by atoms with E-state index in [2.05, 4.69) is 30.1 Å². The number of hydrogen-bond donors (Lipinski definition) is 1. The number of rotatable bonds is 14. The summed E-state index contributed by atoms with van der Waals surface area (Å²) in [5.41, 5.74) is 1.36. The highest BCUT2D eigenvalue weighted by molar-refractivity contribution is 5.05. The Morgan fingerprint density at radius 2 is 1.33 bits per heavy atom. The van der Waals surface area contributed by atoms with Crippen molar-refractivity contribution in [2.75, 3.05) is 0 Å². The third-order valence-electron chi connectivity index (χ3n) is 4.52. The molecule has 1 N–H and O–H groups in total. The average molecular weight is 293 g/mol. The zero-order valence-electron chi connectivity index (χ0n) is 14.4. The molecule has 1 heterocycles. The normalized spacial score (nSPS) is 12.7. The molecule has 0 fully saturated rings. The van der Waals surface area contributed by atoms with E-state index in [-0.39, 0.29) is 0 Å². The second kappa shape index (κ2) is 12.9. The van der Waals surface area contributed by atoms with Crippen LogP contribution in [0.3, 0.4) is 0 Å². The molecule has 0 aliphatic heterocycles. The van der Waals surface area contributed by atoms with E-state index in [1.54, 1.807) is 0 Å². The second-order valence-corrected chi connectivity index (χ2v) is 6.47. The lowest BCUT2D eigenvalue weighted by molar-refractivity contribution is 0.481. The van der Waals surface area contributed by atoms with Crippen LogP contribution in [0.15, 0.2) is 12.3 Å². The zero-order valence-corrected chi connectivity index (χ0v) is 14.4. The Morgan fingerprint density at radius 1 is 0.810 bits per heavy atom. The second-order valence-electron chi connectivity index (χ2n) is 6.47. The van der Waals surface area contributed by atoms with Crippen LogP contribution in [0.5, 0.6) is 0 Å². The van der Waals surface area contributed by atoms with Crippen molar-refractivity contribution in [2.45, 2.75) is 103 Å². The van der Waals surface area contributed by atoms with Crippen LogP contribution < -0.4 is 0 Å². The number of nitrogens with zero attached hydrogens (tertiary/aromatic N) is 1. The van der Waals surface area contributed by atoms with Gasteiger partial charge in [-0.15, -0.1) is 0 Å². The molecule has 0 bridgehead atoms. The molecule has 1 aromatic rings. The van der Waals surface area contributed by atoms with Crippen LogP contribution in [0.2, 0.25) is 0 Å². The Bertz CT molecular complexity index is 305. The molecule has 0 saturated heterocycles. The van der Waals surface area contributed by atoms with Crippen molar-refractivity contribution >= 4 is 0 Å². The smallest absolute Gasteiger partial charge is 0.0490 e. The average Bonchev–Trinajstić information content (AvgIpc) is 3.02. The lowest BCUT2D eigenvalue weighted by Gasteiger charge is -2.15. The minimum absolute atomic E-state index is 0.709. The van der Waals surface area contributed by atoms with E-state index in [0.717, 1.165) is 0 Å². The first-order valence-corrected chi connectivity index (χ1v) is 9.37. The number of nitrogens with one attached hydrogen (secondary N) is 1. The van der Waals surface area contributed by atoms with Crippen LogP contribution in [0.25, 0.3) is 0 Å². The van der Waals surface area contributed by atoms with Gasteiger partial charge in [0, 0.05) is 17.8 Å². The van der Waals surface area contributed by atoms with E-state index >= 15 is 0 Å². The van der Waals surface area contributed by atoms with Crippen LogP contribution >= 0.6 is 0 Å².